The number of nitrogens with one attached hydrogen (secondary N) is 2. The molecule has 2 atom stereocenters. The number of amides is 4. The Labute approximate surface area is 168 Å². The summed E-state index contributed by atoms with van der Waals surface area (Å²) in [5.41, 5.74) is 4.51. The first-order valence-electron chi connectivity index (χ1n) is 9.69. The summed E-state index contributed by atoms with van der Waals surface area (Å²) in [4.78, 5) is 49.7. The number of rotatable bonds is 7. The zero-order valence-electron chi connectivity index (χ0n) is 16.3. The van der Waals surface area contributed by atoms with Gasteiger partial charge in [-0.05, 0) is 37.1 Å². The van der Waals surface area contributed by atoms with Crippen LogP contribution in [0.3, 0.4) is 0 Å². The van der Waals surface area contributed by atoms with Crippen LogP contribution in [0, 0.1) is 11.8 Å². The SMILES string of the molecule is COc1ccc(OCC(=O)NNC(=O)CCN2C(=O)[C@@H]3CCCC[C@H]3C2=O)cc1. The summed E-state index contributed by atoms with van der Waals surface area (Å²) in [5, 5.41) is 0. The van der Waals surface area contributed by atoms with Crippen molar-refractivity contribution in [2.75, 3.05) is 20.3 Å². The third-order valence-electron chi connectivity index (χ3n) is 5.27. The Kier molecular flexibility index (Phi) is 6.69. The molecule has 1 saturated carbocycles. The van der Waals surface area contributed by atoms with Crippen molar-refractivity contribution in [1.29, 1.82) is 0 Å². The maximum absolute atomic E-state index is 12.4. The normalized spacial score (nSPS) is 20.8. The van der Waals surface area contributed by atoms with E-state index in [2.05, 4.69) is 10.9 Å². The fourth-order valence-corrected chi connectivity index (χ4v) is 3.72. The summed E-state index contributed by atoms with van der Waals surface area (Å²) in [6, 6.07) is 6.72. The molecule has 1 aromatic carbocycles. The molecule has 29 heavy (non-hydrogen) atoms. The molecule has 1 aliphatic heterocycles. The Balaban J connectivity index is 1.36. The van der Waals surface area contributed by atoms with Crippen LogP contribution in [0.15, 0.2) is 24.3 Å². The fraction of sp³-hybridized carbons (Fsp3) is 0.500. The molecule has 2 aliphatic rings. The predicted octanol–water partition coefficient (Wildman–Crippen LogP) is 0.787. The predicted molar refractivity (Wildman–Crippen MR) is 102 cm³/mol. The molecule has 1 aromatic rings. The van der Waals surface area contributed by atoms with Crippen molar-refractivity contribution < 1.29 is 28.7 Å². The van der Waals surface area contributed by atoms with Crippen LogP contribution >= 0.6 is 0 Å². The molecule has 0 unspecified atom stereocenters. The maximum Gasteiger partial charge on any atom is 0.276 e. The minimum Gasteiger partial charge on any atom is -0.497 e. The summed E-state index contributed by atoms with van der Waals surface area (Å²) >= 11 is 0. The summed E-state index contributed by atoms with van der Waals surface area (Å²) in [6.07, 6.45) is 3.32. The number of ether oxygens (including phenoxy) is 2. The van der Waals surface area contributed by atoms with E-state index < -0.39 is 11.8 Å². The van der Waals surface area contributed by atoms with Gasteiger partial charge in [-0.1, -0.05) is 12.8 Å². The van der Waals surface area contributed by atoms with Gasteiger partial charge in [0.25, 0.3) is 5.91 Å². The van der Waals surface area contributed by atoms with Crippen molar-refractivity contribution in [2.45, 2.75) is 32.1 Å². The Morgan fingerprint density at radius 1 is 0.966 bits per heavy atom. The highest BCUT2D eigenvalue weighted by Gasteiger charge is 2.47. The molecule has 4 amide bonds. The van der Waals surface area contributed by atoms with E-state index in [1.54, 1.807) is 31.4 Å². The fourth-order valence-electron chi connectivity index (χ4n) is 3.72. The van der Waals surface area contributed by atoms with Crippen molar-refractivity contribution >= 4 is 23.6 Å². The van der Waals surface area contributed by atoms with Gasteiger partial charge >= 0.3 is 0 Å². The Bertz CT molecular complexity index is 755. The van der Waals surface area contributed by atoms with Crippen LogP contribution in [0.25, 0.3) is 0 Å². The number of imide groups is 1. The van der Waals surface area contributed by atoms with Gasteiger partial charge in [-0.3, -0.25) is 34.9 Å². The molecule has 1 heterocycles. The third kappa shape index (κ3) is 5.04. The van der Waals surface area contributed by atoms with E-state index in [4.69, 9.17) is 9.47 Å². The standard InChI is InChI=1S/C20H25N3O6/c1-28-13-6-8-14(9-7-13)29-12-18(25)22-21-17(24)10-11-23-19(26)15-4-2-3-5-16(15)20(23)27/h6-9,15-16H,2-5,10-12H2,1H3,(H,21,24)(H,22,25)/t15-,16-/m1/s1. The quantitative estimate of drug-likeness (QED) is 0.514. The summed E-state index contributed by atoms with van der Waals surface area (Å²) in [7, 11) is 1.55. The lowest BCUT2D eigenvalue weighted by molar-refractivity contribution is -0.140. The van der Waals surface area contributed by atoms with Gasteiger partial charge in [-0.15, -0.1) is 0 Å². The molecule has 0 aromatic heterocycles. The molecule has 3 rings (SSSR count). The number of benzene rings is 1. The van der Waals surface area contributed by atoms with Crippen molar-refractivity contribution in [3.05, 3.63) is 24.3 Å². The number of carbonyl (C=O) groups excluding carboxylic acids is 4. The van der Waals surface area contributed by atoms with Gasteiger partial charge in [-0.25, -0.2) is 0 Å². The summed E-state index contributed by atoms with van der Waals surface area (Å²) < 4.78 is 10.3. The van der Waals surface area contributed by atoms with E-state index in [-0.39, 0.29) is 43.2 Å². The van der Waals surface area contributed by atoms with Crippen molar-refractivity contribution in [1.82, 2.24) is 15.8 Å². The van der Waals surface area contributed by atoms with Crippen LogP contribution in [-0.4, -0.2) is 48.8 Å². The van der Waals surface area contributed by atoms with Crippen molar-refractivity contribution in [3.8, 4) is 11.5 Å². The Morgan fingerprint density at radius 2 is 1.52 bits per heavy atom. The van der Waals surface area contributed by atoms with Gasteiger partial charge in [0.1, 0.15) is 11.5 Å². The molecule has 1 saturated heterocycles. The first kappa shape index (κ1) is 20.6. The van der Waals surface area contributed by atoms with Crippen LogP contribution in [0.4, 0.5) is 0 Å². The average Bonchev–Trinajstić information content (AvgIpc) is 2.99. The van der Waals surface area contributed by atoms with E-state index in [1.807, 2.05) is 0 Å². The van der Waals surface area contributed by atoms with Crippen LogP contribution in [0.5, 0.6) is 11.5 Å². The lowest BCUT2D eigenvalue weighted by Gasteiger charge is -2.19. The molecule has 1 aliphatic carbocycles. The number of methoxy groups -OCH3 is 1. The second-order valence-electron chi connectivity index (χ2n) is 7.14. The first-order chi connectivity index (χ1) is 14.0. The van der Waals surface area contributed by atoms with Crippen LogP contribution < -0.4 is 20.3 Å². The number of likely N-dealkylation sites (tertiary alicyclic amines) is 1. The molecule has 156 valence electrons. The largest absolute Gasteiger partial charge is 0.497 e. The molecule has 0 bridgehead atoms. The number of hydrogen-bond acceptors (Lipinski definition) is 6. The Hall–Kier alpha value is -3.10. The average molecular weight is 403 g/mol. The molecule has 9 nitrogen and oxygen atoms in total. The second kappa shape index (κ2) is 9.40. The monoisotopic (exact) mass is 403 g/mol. The minimum absolute atomic E-state index is 0.0225. The number of nitrogens with zero attached hydrogens (tertiary/aromatic N) is 1. The van der Waals surface area contributed by atoms with Crippen molar-refractivity contribution in [2.24, 2.45) is 11.8 Å². The van der Waals surface area contributed by atoms with Crippen LogP contribution in [-0.2, 0) is 19.2 Å². The number of hydrazine groups is 1. The topological polar surface area (TPSA) is 114 Å². The molecule has 2 fully saturated rings. The molecule has 9 heteroatoms. The third-order valence-corrected chi connectivity index (χ3v) is 5.27. The van der Waals surface area contributed by atoms with Crippen LogP contribution in [0.2, 0.25) is 0 Å². The number of hydrogen-bond donors (Lipinski definition) is 2. The lowest BCUT2D eigenvalue weighted by atomic mass is 9.81. The number of fused-ring (bicyclic) bond motifs is 1. The van der Waals surface area contributed by atoms with Gasteiger partial charge in [0.2, 0.25) is 17.7 Å². The highest BCUT2D eigenvalue weighted by Crippen LogP contribution is 2.37. The number of carbonyl (C=O) groups is 4. The molecular weight excluding hydrogens is 378 g/mol. The van der Waals surface area contributed by atoms with E-state index >= 15 is 0 Å². The zero-order valence-corrected chi connectivity index (χ0v) is 16.3. The van der Waals surface area contributed by atoms with Gasteiger partial charge < -0.3 is 9.47 Å². The molecule has 2 N–H and O–H groups in total. The second-order valence-corrected chi connectivity index (χ2v) is 7.14. The minimum atomic E-state index is -0.534. The molecule has 0 radical (unpaired) electrons. The van der Waals surface area contributed by atoms with Crippen molar-refractivity contribution in [3.63, 3.8) is 0 Å². The van der Waals surface area contributed by atoms with E-state index in [1.165, 1.54) is 4.90 Å². The van der Waals surface area contributed by atoms with Gasteiger partial charge in [0, 0.05) is 13.0 Å². The smallest absolute Gasteiger partial charge is 0.276 e. The van der Waals surface area contributed by atoms with Gasteiger partial charge in [0.05, 0.1) is 18.9 Å². The van der Waals surface area contributed by atoms with E-state index in [0.717, 1.165) is 25.7 Å². The summed E-state index contributed by atoms with van der Waals surface area (Å²) in [5.74, 6) is -0.674. The highest BCUT2D eigenvalue weighted by atomic mass is 16.5. The zero-order chi connectivity index (χ0) is 20.8. The molecular formula is C20H25N3O6. The van der Waals surface area contributed by atoms with E-state index in [9.17, 15) is 19.2 Å². The van der Waals surface area contributed by atoms with Gasteiger partial charge in [0.15, 0.2) is 6.61 Å². The highest BCUT2D eigenvalue weighted by molar-refractivity contribution is 6.05. The lowest BCUT2D eigenvalue weighted by Crippen LogP contribution is -2.45. The summed E-state index contributed by atoms with van der Waals surface area (Å²) in [6.45, 7) is -0.256. The van der Waals surface area contributed by atoms with E-state index in [0.29, 0.717) is 11.5 Å². The van der Waals surface area contributed by atoms with Crippen LogP contribution in [0.1, 0.15) is 32.1 Å². The van der Waals surface area contributed by atoms with Gasteiger partial charge in [-0.2, -0.15) is 0 Å². The first-order valence-corrected chi connectivity index (χ1v) is 9.69. The maximum atomic E-state index is 12.4. The molecule has 0 spiro atoms. The Morgan fingerprint density at radius 3 is 2.10 bits per heavy atom.